The van der Waals surface area contributed by atoms with Crippen LogP contribution in [0, 0.1) is 18.3 Å². The average Bonchev–Trinajstić information content (AvgIpc) is 2.34. The van der Waals surface area contributed by atoms with E-state index in [1.54, 1.807) is 4.90 Å². The topological polar surface area (TPSA) is 20.3 Å². The van der Waals surface area contributed by atoms with Gasteiger partial charge in [0.25, 0.3) is 0 Å². The van der Waals surface area contributed by atoms with Gasteiger partial charge in [-0.15, -0.1) is 6.42 Å². The van der Waals surface area contributed by atoms with Crippen molar-refractivity contribution in [1.29, 1.82) is 0 Å². The molecule has 0 aromatic rings. The Hall–Kier alpha value is -0.970. The summed E-state index contributed by atoms with van der Waals surface area (Å²) in [5.41, 5.74) is 0. The number of carbonyl (C=O) groups excluding carboxylic acids is 1. The highest BCUT2D eigenvalue weighted by Gasteiger charge is 2.27. The van der Waals surface area contributed by atoms with Crippen LogP contribution in [-0.4, -0.2) is 23.9 Å². The third-order valence-corrected chi connectivity index (χ3v) is 2.27. The fourth-order valence-electron chi connectivity index (χ4n) is 1.72. The van der Waals surface area contributed by atoms with E-state index in [9.17, 15) is 4.79 Å². The minimum absolute atomic E-state index is 0.228. The maximum atomic E-state index is 11.3. The lowest BCUT2D eigenvalue weighted by atomic mass is 10.0. The molecule has 66 valence electrons. The van der Waals surface area contributed by atoms with E-state index in [2.05, 4.69) is 12.8 Å². The molecule has 2 heteroatoms. The monoisotopic (exact) mass is 165 g/mol. The van der Waals surface area contributed by atoms with Gasteiger partial charge in [-0.1, -0.05) is 19.3 Å². The van der Waals surface area contributed by atoms with Gasteiger partial charge in [-0.05, 0) is 12.3 Å². The van der Waals surface area contributed by atoms with Crippen LogP contribution in [0.4, 0.5) is 0 Å². The van der Waals surface area contributed by atoms with Crippen molar-refractivity contribution >= 4 is 5.91 Å². The van der Waals surface area contributed by atoms with E-state index >= 15 is 0 Å². The minimum atomic E-state index is 0.228. The summed E-state index contributed by atoms with van der Waals surface area (Å²) in [6, 6.07) is 0. The van der Waals surface area contributed by atoms with Gasteiger partial charge in [-0.25, -0.2) is 0 Å². The van der Waals surface area contributed by atoms with Crippen molar-refractivity contribution in [3.8, 4) is 12.3 Å². The first kappa shape index (κ1) is 9.12. The Labute approximate surface area is 73.9 Å². The van der Waals surface area contributed by atoms with E-state index in [1.807, 2.05) is 0 Å². The Kier molecular flexibility index (Phi) is 3.16. The van der Waals surface area contributed by atoms with Gasteiger partial charge >= 0.3 is 0 Å². The van der Waals surface area contributed by atoms with E-state index in [1.165, 1.54) is 0 Å². The Bertz CT molecular complexity index is 204. The second-order valence-corrected chi connectivity index (χ2v) is 3.34. The normalized spacial score (nSPS) is 22.8. The van der Waals surface area contributed by atoms with E-state index < -0.39 is 0 Å². The molecule has 1 amide bonds. The molecule has 1 rings (SSSR count). The van der Waals surface area contributed by atoms with Crippen molar-refractivity contribution in [1.82, 2.24) is 4.90 Å². The maximum absolute atomic E-state index is 11.3. The van der Waals surface area contributed by atoms with E-state index in [0.29, 0.717) is 18.9 Å². The van der Waals surface area contributed by atoms with Gasteiger partial charge in [-0.3, -0.25) is 4.79 Å². The fraction of sp³-hybridized carbons (Fsp3) is 0.700. The summed E-state index contributed by atoms with van der Waals surface area (Å²) in [7, 11) is 0. The summed E-state index contributed by atoms with van der Waals surface area (Å²) in [6.07, 6.45) is 8.15. The third-order valence-electron chi connectivity index (χ3n) is 2.27. The standard InChI is InChI=1S/C10H15NO/c1-3-5-9-7-10(12)11(8-9)6-4-2/h2,9H,3,5-8H2,1H3. The molecule has 12 heavy (non-hydrogen) atoms. The lowest BCUT2D eigenvalue weighted by Crippen LogP contribution is -2.25. The van der Waals surface area contributed by atoms with Gasteiger partial charge in [0.1, 0.15) is 0 Å². The second kappa shape index (κ2) is 4.15. The number of carbonyl (C=O) groups is 1. The van der Waals surface area contributed by atoms with Crippen molar-refractivity contribution in [2.24, 2.45) is 5.92 Å². The molecular formula is C10H15NO. The first-order valence-electron chi connectivity index (χ1n) is 4.49. The number of rotatable bonds is 3. The molecule has 1 fully saturated rings. The molecule has 1 heterocycles. The zero-order valence-corrected chi connectivity index (χ0v) is 7.55. The van der Waals surface area contributed by atoms with Gasteiger partial charge in [0.2, 0.25) is 5.91 Å². The summed E-state index contributed by atoms with van der Waals surface area (Å²) in [4.78, 5) is 13.1. The zero-order valence-electron chi connectivity index (χ0n) is 7.55. The average molecular weight is 165 g/mol. The van der Waals surface area contributed by atoms with Crippen LogP contribution < -0.4 is 0 Å². The zero-order chi connectivity index (χ0) is 8.97. The van der Waals surface area contributed by atoms with Crippen LogP contribution >= 0.6 is 0 Å². The molecule has 0 aromatic heterocycles. The highest BCUT2D eigenvalue weighted by atomic mass is 16.2. The molecule has 1 aliphatic rings. The summed E-state index contributed by atoms with van der Waals surface area (Å²) in [5.74, 6) is 3.29. The number of hydrogen-bond donors (Lipinski definition) is 0. The molecule has 2 nitrogen and oxygen atoms in total. The SMILES string of the molecule is C#CCN1CC(CCC)CC1=O. The van der Waals surface area contributed by atoms with Crippen LogP contribution in [-0.2, 0) is 4.79 Å². The van der Waals surface area contributed by atoms with Crippen LogP contribution in [0.3, 0.4) is 0 Å². The molecule has 0 spiro atoms. The van der Waals surface area contributed by atoms with E-state index in [0.717, 1.165) is 19.4 Å². The predicted molar refractivity (Wildman–Crippen MR) is 48.4 cm³/mol. The highest BCUT2D eigenvalue weighted by Crippen LogP contribution is 2.21. The number of amides is 1. The van der Waals surface area contributed by atoms with E-state index in [4.69, 9.17) is 6.42 Å². The summed E-state index contributed by atoms with van der Waals surface area (Å²) in [5, 5.41) is 0. The van der Waals surface area contributed by atoms with Gasteiger partial charge in [-0.2, -0.15) is 0 Å². The maximum Gasteiger partial charge on any atom is 0.223 e. The molecular weight excluding hydrogens is 150 g/mol. The molecule has 0 aliphatic carbocycles. The predicted octanol–water partition coefficient (Wildman–Crippen LogP) is 1.27. The smallest absolute Gasteiger partial charge is 0.223 e. The second-order valence-electron chi connectivity index (χ2n) is 3.34. The number of hydrogen-bond acceptors (Lipinski definition) is 1. The molecule has 0 radical (unpaired) electrons. The lowest BCUT2D eigenvalue weighted by molar-refractivity contribution is -0.127. The minimum Gasteiger partial charge on any atom is -0.331 e. The van der Waals surface area contributed by atoms with Gasteiger partial charge in [0.05, 0.1) is 6.54 Å². The molecule has 1 saturated heterocycles. The van der Waals surface area contributed by atoms with Crippen molar-refractivity contribution in [2.75, 3.05) is 13.1 Å². The first-order chi connectivity index (χ1) is 5.77. The Morgan fingerprint density at radius 3 is 3.08 bits per heavy atom. The molecule has 1 atom stereocenters. The Morgan fingerprint density at radius 2 is 2.50 bits per heavy atom. The number of likely N-dealkylation sites (tertiary alicyclic amines) is 1. The van der Waals surface area contributed by atoms with Gasteiger partial charge in [0, 0.05) is 13.0 Å². The van der Waals surface area contributed by atoms with Crippen molar-refractivity contribution < 1.29 is 4.79 Å². The van der Waals surface area contributed by atoms with Crippen LogP contribution in [0.1, 0.15) is 26.2 Å². The summed E-state index contributed by atoms with van der Waals surface area (Å²) in [6.45, 7) is 3.50. The van der Waals surface area contributed by atoms with Crippen LogP contribution in [0.25, 0.3) is 0 Å². The van der Waals surface area contributed by atoms with Crippen LogP contribution in [0.2, 0.25) is 0 Å². The van der Waals surface area contributed by atoms with Gasteiger partial charge < -0.3 is 4.90 Å². The van der Waals surface area contributed by atoms with Crippen molar-refractivity contribution in [2.45, 2.75) is 26.2 Å². The molecule has 0 aromatic carbocycles. The fourth-order valence-corrected chi connectivity index (χ4v) is 1.72. The highest BCUT2D eigenvalue weighted by molar-refractivity contribution is 5.78. The van der Waals surface area contributed by atoms with Crippen molar-refractivity contribution in [3.05, 3.63) is 0 Å². The number of terminal acetylenes is 1. The van der Waals surface area contributed by atoms with E-state index in [-0.39, 0.29) is 5.91 Å². The first-order valence-corrected chi connectivity index (χ1v) is 4.49. The molecule has 0 bridgehead atoms. The van der Waals surface area contributed by atoms with Crippen molar-refractivity contribution in [3.63, 3.8) is 0 Å². The quantitative estimate of drug-likeness (QED) is 0.577. The summed E-state index contributed by atoms with van der Waals surface area (Å²) < 4.78 is 0. The third kappa shape index (κ3) is 2.01. The Morgan fingerprint density at radius 1 is 1.75 bits per heavy atom. The molecule has 0 N–H and O–H groups in total. The van der Waals surface area contributed by atoms with Crippen LogP contribution in [0.15, 0.2) is 0 Å². The summed E-state index contributed by atoms with van der Waals surface area (Å²) >= 11 is 0. The lowest BCUT2D eigenvalue weighted by Gasteiger charge is -2.12. The van der Waals surface area contributed by atoms with Crippen LogP contribution in [0.5, 0.6) is 0 Å². The number of nitrogens with zero attached hydrogens (tertiary/aromatic N) is 1. The van der Waals surface area contributed by atoms with Gasteiger partial charge in [0.15, 0.2) is 0 Å². The molecule has 1 aliphatic heterocycles. The molecule has 0 saturated carbocycles. The largest absolute Gasteiger partial charge is 0.331 e. The Balaban J connectivity index is 2.40. The molecule has 1 unspecified atom stereocenters.